The van der Waals surface area contributed by atoms with Crippen LogP contribution in [-0.2, 0) is 6.42 Å². The van der Waals surface area contributed by atoms with Gasteiger partial charge in [-0.05, 0) is 50.8 Å². The van der Waals surface area contributed by atoms with Gasteiger partial charge in [0, 0.05) is 24.3 Å². The highest BCUT2D eigenvalue weighted by molar-refractivity contribution is 5.60. The Hall–Kier alpha value is -1.02. The minimum atomic E-state index is 0.557. The molecule has 1 aromatic rings. The van der Waals surface area contributed by atoms with Gasteiger partial charge in [0.05, 0.1) is 0 Å². The van der Waals surface area contributed by atoms with Gasteiger partial charge in [-0.15, -0.1) is 0 Å². The first kappa shape index (κ1) is 11.1. The molecule has 1 N–H and O–H groups in total. The number of anilines is 1. The number of para-hydroxylation sites is 1. The quantitative estimate of drug-likeness (QED) is 0.854. The molecule has 0 amide bonds. The molecule has 17 heavy (non-hydrogen) atoms. The van der Waals surface area contributed by atoms with Crippen molar-refractivity contribution in [2.24, 2.45) is 5.92 Å². The van der Waals surface area contributed by atoms with E-state index in [1.165, 1.54) is 37.1 Å². The molecule has 0 radical (unpaired) electrons. The van der Waals surface area contributed by atoms with Gasteiger partial charge in [0.1, 0.15) is 0 Å². The summed E-state index contributed by atoms with van der Waals surface area (Å²) in [5.74, 6) is 0.952. The largest absolute Gasteiger partial charge is 0.366 e. The predicted molar refractivity (Wildman–Crippen MR) is 72.5 cm³/mol. The molecule has 1 saturated carbocycles. The maximum absolute atomic E-state index is 3.42. The molecule has 1 aliphatic carbocycles. The normalized spacial score (nSPS) is 24.8. The molecule has 1 fully saturated rings. The third kappa shape index (κ3) is 2.06. The molecule has 1 heterocycles. The van der Waals surface area contributed by atoms with Gasteiger partial charge in [0.2, 0.25) is 0 Å². The van der Waals surface area contributed by atoms with E-state index in [4.69, 9.17) is 0 Å². The molecule has 0 saturated heterocycles. The fourth-order valence-electron chi connectivity index (χ4n) is 2.93. The van der Waals surface area contributed by atoms with E-state index in [9.17, 15) is 0 Å². The number of nitrogens with zero attached hydrogens (tertiary/aromatic N) is 1. The topological polar surface area (TPSA) is 15.3 Å². The van der Waals surface area contributed by atoms with E-state index in [1.54, 1.807) is 0 Å². The first-order chi connectivity index (χ1) is 8.29. The second-order valence-electron chi connectivity index (χ2n) is 5.57. The second kappa shape index (κ2) is 4.34. The summed E-state index contributed by atoms with van der Waals surface area (Å²) in [5, 5.41) is 3.42. The second-order valence-corrected chi connectivity index (χ2v) is 5.57. The number of rotatable bonds is 4. The van der Waals surface area contributed by atoms with Crippen LogP contribution < -0.4 is 10.2 Å². The smallest absolute Gasteiger partial charge is 0.0481 e. The van der Waals surface area contributed by atoms with E-state index in [0.29, 0.717) is 12.1 Å². The van der Waals surface area contributed by atoms with E-state index in [0.717, 1.165) is 5.92 Å². The van der Waals surface area contributed by atoms with Crippen molar-refractivity contribution >= 4 is 5.69 Å². The zero-order chi connectivity index (χ0) is 11.8. The van der Waals surface area contributed by atoms with Crippen LogP contribution in [0.15, 0.2) is 24.3 Å². The summed E-state index contributed by atoms with van der Waals surface area (Å²) in [6.45, 7) is 3.56. The van der Waals surface area contributed by atoms with Crippen molar-refractivity contribution < 1.29 is 0 Å². The Labute approximate surface area is 104 Å². The number of nitrogens with one attached hydrogen (secondary N) is 1. The zero-order valence-corrected chi connectivity index (χ0v) is 10.8. The molecule has 2 nitrogen and oxygen atoms in total. The number of fused-ring (bicyclic) bond motifs is 1. The Balaban J connectivity index is 1.86. The van der Waals surface area contributed by atoms with E-state index in [-0.39, 0.29) is 0 Å². The highest BCUT2D eigenvalue weighted by atomic mass is 15.2. The summed E-state index contributed by atoms with van der Waals surface area (Å²) in [6.07, 6.45) is 4.06. The monoisotopic (exact) mass is 230 g/mol. The summed E-state index contributed by atoms with van der Waals surface area (Å²) in [4.78, 5) is 2.65. The van der Waals surface area contributed by atoms with E-state index in [2.05, 4.69) is 48.5 Å². The number of likely N-dealkylation sites (N-methyl/N-ethyl adjacent to an activating group) is 1. The summed E-state index contributed by atoms with van der Waals surface area (Å²) < 4.78 is 0. The van der Waals surface area contributed by atoms with Crippen LogP contribution in [0.4, 0.5) is 5.69 Å². The maximum atomic E-state index is 3.42. The van der Waals surface area contributed by atoms with Crippen LogP contribution in [0.2, 0.25) is 0 Å². The Kier molecular flexibility index (Phi) is 2.83. The summed E-state index contributed by atoms with van der Waals surface area (Å²) in [6, 6.07) is 10.1. The molecule has 0 aromatic heterocycles. The van der Waals surface area contributed by atoms with Gasteiger partial charge < -0.3 is 10.2 Å². The van der Waals surface area contributed by atoms with Gasteiger partial charge in [-0.3, -0.25) is 0 Å². The Bertz CT molecular complexity index is 398. The Morgan fingerprint density at radius 3 is 2.82 bits per heavy atom. The molecule has 0 spiro atoms. The summed E-state index contributed by atoms with van der Waals surface area (Å²) >= 11 is 0. The van der Waals surface area contributed by atoms with E-state index < -0.39 is 0 Å². The molecule has 2 unspecified atom stereocenters. The molecule has 2 aliphatic rings. The third-order valence-electron chi connectivity index (χ3n) is 4.31. The van der Waals surface area contributed by atoms with Gasteiger partial charge >= 0.3 is 0 Å². The molecule has 3 rings (SSSR count). The van der Waals surface area contributed by atoms with Crippen molar-refractivity contribution in [1.29, 1.82) is 0 Å². The summed E-state index contributed by atoms with van der Waals surface area (Å²) in [5.41, 5.74) is 3.01. The fourth-order valence-corrected chi connectivity index (χ4v) is 2.93. The van der Waals surface area contributed by atoms with Crippen LogP contribution >= 0.6 is 0 Å². The lowest BCUT2D eigenvalue weighted by molar-refractivity contribution is 0.465. The van der Waals surface area contributed by atoms with Crippen molar-refractivity contribution in [1.82, 2.24) is 5.32 Å². The first-order valence-electron chi connectivity index (χ1n) is 6.81. The Morgan fingerprint density at radius 2 is 2.12 bits per heavy atom. The number of hydrogen-bond donors (Lipinski definition) is 1. The SMILES string of the molecule is CNC(C)C1Cc2ccccc2N1CC1CC1. The molecule has 2 atom stereocenters. The number of benzene rings is 1. The molecular weight excluding hydrogens is 208 g/mol. The molecule has 92 valence electrons. The number of hydrogen-bond acceptors (Lipinski definition) is 2. The van der Waals surface area contributed by atoms with Crippen LogP contribution in [0.1, 0.15) is 25.3 Å². The van der Waals surface area contributed by atoms with Crippen LogP contribution in [-0.4, -0.2) is 25.7 Å². The van der Waals surface area contributed by atoms with Crippen LogP contribution in [0.3, 0.4) is 0 Å². The van der Waals surface area contributed by atoms with Gasteiger partial charge in [0.15, 0.2) is 0 Å². The zero-order valence-electron chi connectivity index (χ0n) is 10.8. The van der Waals surface area contributed by atoms with Crippen LogP contribution in [0, 0.1) is 5.92 Å². The Morgan fingerprint density at radius 1 is 1.35 bits per heavy atom. The fraction of sp³-hybridized carbons (Fsp3) is 0.600. The van der Waals surface area contributed by atoms with Crippen molar-refractivity contribution in [3.05, 3.63) is 29.8 Å². The average Bonchev–Trinajstić information content (AvgIpc) is 3.10. The summed E-state index contributed by atoms with van der Waals surface area (Å²) in [7, 11) is 2.07. The van der Waals surface area contributed by atoms with Crippen LogP contribution in [0.5, 0.6) is 0 Å². The third-order valence-corrected chi connectivity index (χ3v) is 4.31. The van der Waals surface area contributed by atoms with Crippen LogP contribution in [0.25, 0.3) is 0 Å². The van der Waals surface area contributed by atoms with Gasteiger partial charge in [-0.1, -0.05) is 18.2 Å². The predicted octanol–water partition coefficient (Wildman–Crippen LogP) is 2.44. The molecular formula is C15H22N2. The molecule has 0 bridgehead atoms. The minimum absolute atomic E-state index is 0.557. The van der Waals surface area contributed by atoms with Gasteiger partial charge in [-0.2, -0.15) is 0 Å². The van der Waals surface area contributed by atoms with Gasteiger partial charge in [0.25, 0.3) is 0 Å². The lowest BCUT2D eigenvalue weighted by Crippen LogP contribution is -2.46. The van der Waals surface area contributed by atoms with Crippen molar-refractivity contribution in [3.8, 4) is 0 Å². The van der Waals surface area contributed by atoms with Crippen molar-refractivity contribution in [3.63, 3.8) is 0 Å². The maximum Gasteiger partial charge on any atom is 0.0481 e. The average molecular weight is 230 g/mol. The van der Waals surface area contributed by atoms with E-state index in [1.807, 2.05) is 0 Å². The van der Waals surface area contributed by atoms with Gasteiger partial charge in [-0.25, -0.2) is 0 Å². The molecule has 1 aromatic carbocycles. The highest BCUT2D eigenvalue weighted by Gasteiger charge is 2.35. The first-order valence-corrected chi connectivity index (χ1v) is 6.81. The van der Waals surface area contributed by atoms with Crippen molar-refractivity contribution in [2.45, 2.75) is 38.3 Å². The molecule has 1 aliphatic heterocycles. The lowest BCUT2D eigenvalue weighted by Gasteiger charge is -2.32. The molecule has 2 heteroatoms. The standard InChI is InChI=1S/C15H22N2/c1-11(16-2)15-9-13-5-3-4-6-14(13)17(15)10-12-7-8-12/h3-6,11-12,15-16H,7-10H2,1-2H3. The highest BCUT2D eigenvalue weighted by Crippen LogP contribution is 2.38. The van der Waals surface area contributed by atoms with Crippen molar-refractivity contribution in [2.75, 3.05) is 18.5 Å². The lowest BCUT2D eigenvalue weighted by atomic mass is 10.0. The van der Waals surface area contributed by atoms with E-state index >= 15 is 0 Å². The minimum Gasteiger partial charge on any atom is -0.366 e.